The standard InChI is InChI=1S/C28H29FN2O5/c1-19(20-4-6-21(7-5-20)22-16-23(18-30-17-22)26(33)35-2)31-14-13-28(12-3-15-32,36-27(31)34)24-8-10-25(29)11-9-24/h4-11,16-19,32H,3,12-15H2,1-2H3/t19-,28?/m0/s1. The molecule has 2 heterocycles. The Labute approximate surface area is 209 Å². The summed E-state index contributed by atoms with van der Waals surface area (Å²) in [6, 6.07) is 15.2. The van der Waals surface area contributed by atoms with Crippen LogP contribution < -0.4 is 0 Å². The summed E-state index contributed by atoms with van der Waals surface area (Å²) in [4.78, 5) is 30.8. The Morgan fingerprint density at radius 3 is 2.53 bits per heavy atom. The van der Waals surface area contributed by atoms with Crippen molar-refractivity contribution >= 4 is 12.1 Å². The summed E-state index contributed by atoms with van der Waals surface area (Å²) < 4.78 is 24.3. The van der Waals surface area contributed by atoms with Gasteiger partial charge in [-0.15, -0.1) is 0 Å². The molecule has 1 saturated heterocycles. The third-order valence-electron chi connectivity index (χ3n) is 6.74. The van der Waals surface area contributed by atoms with E-state index in [4.69, 9.17) is 9.47 Å². The minimum absolute atomic E-state index is 0.0228. The number of esters is 1. The topological polar surface area (TPSA) is 89.0 Å². The molecule has 1 fully saturated rings. The molecule has 1 aromatic heterocycles. The van der Waals surface area contributed by atoms with Gasteiger partial charge in [-0.1, -0.05) is 36.4 Å². The van der Waals surface area contributed by atoms with E-state index in [2.05, 4.69) is 4.98 Å². The highest BCUT2D eigenvalue weighted by atomic mass is 19.1. The van der Waals surface area contributed by atoms with Crippen LogP contribution in [0.25, 0.3) is 11.1 Å². The van der Waals surface area contributed by atoms with Crippen molar-refractivity contribution in [1.82, 2.24) is 9.88 Å². The lowest BCUT2D eigenvalue weighted by Crippen LogP contribution is -2.48. The molecule has 2 atom stereocenters. The molecule has 188 valence electrons. The van der Waals surface area contributed by atoms with E-state index in [-0.39, 0.29) is 18.5 Å². The summed E-state index contributed by atoms with van der Waals surface area (Å²) in [5.41, 5.74) is 2.79. The number of hydrogen-bond acceptors (Lipinski definition) is 6. The predicted molar refractivity (Wildman–Crippen MR) is 132 cm³/mol. The zero-order chi connectivity index (χ0) is 25.7. The third kappa shape index (κ3) is 5.23. The number of amides is 1. The average Bonchev–Trinajstić information content (AvgIpc) is 2.91. The van der Waals surface area contributed by atoms with Crippen LogP contribution in [0.1, 0.15) is 53.7 Å². The average molecular weight is 493 g/mol. The highest BCUT2D eigenvalue weighted by Gasteiger charge is 2.43. The maximum atomic E-state index is 13.5. The Balaban J connectivity index is 1.50. The van der Waals surface area contributed by atoms with Gasteiger partial charge in [0, 0.05) is 37.5 Å². The first-order chi connectivity index (χ1) is 17.4. The Bertz CT molecular complexity index is 1220. The second-order valence-electron chi connectivity index (χ2n) is 8.89. The molecular weight excluding hydrogens is 463 g/mol. The summed E-state index contributed by atoms with van der Waals surface area (Å²) in [5, 5.41) is 9.38. The fraction of sp³-hybridized carbons (Fsp3) is 0.321. The number of aromatic nitrogens is 1. The van der Waals surface area contributed by atoms with Crippen LogP contribution in [0.4, 0.5) is 9.18 Å². The summed E-state index contributed by atoms with van der Waals surface area (Å²) in [6.07, 6.45) is 4.13. The number of cyclic esters (lactones) is 1. The number of rotatable bonds is 8. The van der Waals surface area contributed by atoms with E-state index in [9.17, 15) is 19.1 Å². The summed E-state index contributed by atoms with van der Waals surface area (Å²) >= 11 is 0. The quantitative estimate of drug-likeness (QED) is 0.433. The largest absolute Gasteiger partial charge is 0.465 e. The molecule has 7 nitrogen and oxygen atoms in total. The number of halogens is 1. The molecule has 3 aromatic rings. The minimum atomic E-state index is -0.898. The Morgan fingerprint density at radius 2 is 1.89 bits per heavy atom. The number of carbonyl (C=O) groups excluding carboxylic acids is 2. The molecule has 0 radical (unpaired) electrons. The molecule has 1 aliphatic heterocycles. The van der Waals surface area contributed by atoms with Crippen LogP contribution in [0.15, 0.2) is 67.0 Å². The first-order valence-corrected chi connectivity index (χ1v) is 11.9. The lowest BCUT2D eigenvalue weighted by Gasteiger charge is -2.43. The Morgan fingerprint density at radius 1 is 1.17 bits per heavy atom. The van der Waals surface area contributed by atoms with Crippen molar-refractivity contribution in [2.45, 2.75) is 37.8 Å². The second kappa shape index (κ2) is 10.9. The molecule has 0 aliphatic carbocycles. The van der Waals surface area contributed by atoms with Crippen molar-refractivity contribution < 1.29 is 28.6 Å². The van der Waals surface area contributed by atoms with Crippen molar-refractivity contribution in [2.24, 2.45) is 0 Å². The van der Waals surface area contributed by atoms with E-state index in [1.54, 1.807) is 29.3 Å². The van der Waals surface area contributed by atoms with E-state index in [0.717, 1.165) is 22.3 Å². The number of methoxy groups -OCH3 is 1. The van der Waals surface area contributed by atoms with Crippen molar-refractivity contribution in [3.8, 4) is 11.1 Å². The fourth-order valence-corrected chi connectivity index (χ4v) is 4.62. The first kappa shape index (κ1) is 25.3. The maximum Gasteiger partial charge on any atom is 0.411 e. The molecule has 4 rings (SSSR count). The second-order valence-corrected chi connectivity index (χ2v) is 8.89. The van der Waals surface area contributed by atoms with Crippen molar-refractivity contribution in [1.29, 1.82) is 0 Å². The van der Waals surface area contributed by atoms with Crippen LogP contribution in [-0.4, -0.2) is 47.3 Å². The van der Waals surface area contributed by atoms with Crippen molar-refractivity contribution in [3.63, 3.8) is 0 Å². The normalized spacial score (nSPS) is 18.4. The van der Waals surface area contributed by atoms with Crippen molar-refractivity contribution in [3.05, 3.63) is 89.5 Å². The number of benzene rings is 2. The van der Waals surface area contributed by atoms with Gasteiger partial charge >= 0.3 is 12.1 Å². The highest BCUT2D eigenvalue weighted by molar-refractivity contribution is 5.90. The molecule has 0 spiro atoms. The Hall–Kier alpha value is -3.78. The van der Waals surface area contributed by atoms with Gasteiger partial charge < -0.3 is 19.5 Å². The Kier molecular flexibility index (Phi) is 7.64. The molecule has 1 aliphatic rings. The smallest absolute Gasteiger partial charge is 0.411 e. The molecular formula is C28H29FN2O5. The summed E-state index contributed by atoms with van der Waals surface area (Å²) in [6.45, 7) is 2.37. The van der Waals surface area contributed by atoms with E-state index >= 15 is 0 Å². The molecule has 1 amide bonds. The molecule has 1 unspecified atom stereocenters. The number of hydrogen-bond donors (Lipinski definition) is 1. The van der Waals surface area contributed by atoms with Gasteiger partial charge in [-0.05, 0) is 54.7 Å². The fourth-order valence-electron chi connectivity index (χ4n) is 4.62. The number of carbonyl (C=O) groups is 2. The van der Waals surface area contributed by atoms with Gasteiger partial charge in [-0.25, -0.2) is 14.0 Å². The van der Waals surface area contributed by atoms with Gasteiger partial charge in [0.25, 0.3) is 0 Å². The summed E-state index contributed by atoms with van der Waals surface area (Å²) in [5.74, 6) is -0.807. The first-order valence-electron chi connectivity index (χ1n) is 11.9. The predicted octanol–water partition coefficient (Wildman–Crippen LogP) is 5.25. The van der Waals surface area contributed by atoms with Gasteiger partial charge in [0.05, 0.1) is 18.7 Å². The zero-order valence-electron chi connectivity index (χ0n) is 20.3. The monoisotopic (exact) mass is 492 g/mol. The van der Waals surface area contributed by atoms with E-state index in [1.165, 1.54) is 25.4 Å². The zero-order valence-corrected chi connectivity index (χ0v) is 20.3. The lowest BCUT2D eigenvalue weighted by atomic mass is 9.84. The number of aliphatic hydroxyl groups excluding tert-OH is 1. The van der Waals surface area contributed by atoms with Gasteiger partial charge in [-0.3, -0.25) is 4.98 Å². The number of nitrogens with zero attached hydrogens (tertiary/aromatic N) is 2. The van der Waals surface area contributed by atoms with Crippen LogP contribution in [0, 0.1) is 5.82 Å². The van der Waals surface area contributed by atoms with Crippen LogP contribution in [0.2, 0.25) is 0 Å². The summed E-state index contributed by atoms with van der Waals surface area (Å²) in [7, 11) is 1.33. The van der Waals surface area contributed by atoms with Crippen molar-refractivity contribution in [2.75, 3.05) is 20.3 Å². The van der Waals surface area contributed by atoms with Crippen LogP contribution in [-0.2, 0) is 15.1 Å². The number of ether oxygens (including phenoxy) is 2. The minimum Gasteiger partial charge on any atom is -0.465 e. The molecule has 0 bridgehead atoms. The van der Waals surface area contributed by atoms with Crippen LogP contribution in [0.5, 0.6) is 0 Å². The van der Waals surface area contributed by atoms with Gasteiger partial charge in [0.2, 0.25) is 0 Å². The number of aliphatic hydroxyl groups is 1. The molecule has 36 heavy (non-hydrogen) atoms. The third-order valence-corrected chi connectivity index (χ3v) is 6.74. The molecule has 1 N–H and O–H groups in total. The van der Waals surface area contributed by atoms with Crippen LogP contribution in [0.3, 0.4) is 0 Å². The van der Waals surface area contributed by atoms with Gasteiger partial charge in [0.1, 0.15) is 11.4 Å². The highest BCUT2D eigenvalue weighted by Crippen LogP contribution is 2.40. The molecule has 2 aromatic carbocycles. The number of pyridine rings is 1. The maximum absolute atomic E-state index is 13.5. The van der Waals surface area contributed by atoms with E-state index in [0.29, 0.717) is 31.4 Å². The van der Waals surface area contributed by atoms with Crippen LogP contribution >= 0.6 is 0 Å². The van der Waals surface area contributed by atoms with E-state index in [1.807, 2.05) is 31.2 Å². The molecule has 0 saturated carbocycles. The molecule has 8 heteroatoms. The van der Waals surface area contributed by atoms with E-state index < -0.39 is 17.7 Å². The van der Waals surface area contributed by atoms with Gasteiger partial charge in [-0.2, -0.15) is 0 Å². The SMILES string of the molecule is COC(=O)c1cncc(-c2ccc([C@H](C)N3CCC(CCCO)(c4ccc(F)cc4)OC3=O)cc2)c1. The lowest BCUT2D eigenvalue weighted by molar-refractivity contribution is -0.0680. The van der Waals surface area contributed by atoms with Gasteiger partial charge in [0.15, 0.2) is 0 Å².